The van der Waals surface area contributed by atoms with Crippen molar-refractivity contribution < 1.29 is 33.3 Å². The Morgan fingerprint density at radius 1 is 1.06 bits per heavy atom. The standard InChI is InChI=1S/C23H33NO7/c1-7-23(2,3)20(25)21(26)24-13-8-9-16(24)22(27)31-14-12-15-10-11-17(28-4)19(30-6)18(15)29-5/h10-11,16H,7-9,12-14H2,1-6H3. The van der Waals surface area contributed by atoms with Crippen LogP contribution >= 0.6 is 0 Å². The molecule has 8 nitrogen and oxygen atoms in total. The monoisotopic (exact) mass is 435 g/mol. The van der Waals surface area contributed by atoms with Crippen molar-refractivity contribution in [2.45, 2.75) is 52.5 Å². The van der Waals surface area contributed by atoms with E-state index in [1.807, 2.05) is 13.0 Å². The number of likely N-dealkylation sites (tertiary alicyclic amines) is 1. The van der Waals surface area contributed by atoms with E-state index < -0.39 is 29.1 Å². The first-order valence-electron chi connectivity index (χ1n) is 10.5. The maximum absolute atomic E-state index is 12.7. The summed E-state index contributed by atoms with van der Waals surface area (Å²) in [6.07, 6.45) is 2.10. The van der Waals surface area contributed by atoms with Crippen LogP contribution in [0.1, 0.15) is 45.6 Å². The first-order valence-corrected chi connectivity index (χ1v) is 10.5. The van der Waals surface area contributed by atoms with Crippen LogP contribution in [0.4, 0.5) is 0 Å². The number of rotatable bonds is 10. The molecule has 0 aliphatic carbocycles. The highest BCUT2D eigenvalue weighted by Gasteiger charge is 2.41. The van der Waals surface area contributed by atoms with Crippen molar-refractivity contribution in [3.63, 3.8) is 0 Å². The van der Waals surface area contributed by atoms with Gasteiger partial charge in [-0.3, -0.25) is 9.59 Å². The number of esters is 1. The van der Waals surface area contributed by atoms with Crippen molar-refractivity contribution in [3.8, 4) is 17.2 Å². The van der Waals surface area contributed by atoms with Gasteiger partial charge in [0, 0.05) is 23.9 Å². The maximum atomic E-state index is 12.7. The Morgan fingerprint density at radius 2 is 1.74 bits per heavy atom. The minimum atomic E-state index is -0.752. The maximum Gasteiger partial charge on any atom is 0.328 e. The Hall–Kier alpha value is -2.77. The van der Waals surface area contributed by atoms with Crippen LogP contribution in [0.2, 0.25) is 0 Å². The summed E-state index contributed by atoms with van der Waals surface area (Å²) < 4.78 is 21.6. The van der Waals surface area contributed by atoms with Gasteiger partial charge >= 0.3 is 5.97 Å². The summed E-state index contributed by atoms with van der Waals surface area (Å²) in [6, 6.07) is 2.86. The van der Waals surface area contributed by atoms with Gasteiger partial charge in [0.05, 0.1) is 27.9 Å². The molecule has 0 spiro atoms. The number of carbonyl (C=O) groups excluding carboxylic acids is 3. The Kier molecular flexibility index (Phi) is 8.30. The van der Waals surface area contributed by atoms with Gasteiger partial charge in [0.1, 0.15) is 6.04 Å². The second kappa shape index (κ2) is 10.5. The Balaban J connectivity index is 2.03. The molecule has 172 valence electrons. The molecule has 0 aromatic heterocycles. The van der Waals surface area contributed by atoms with Gasteiger partial charge in [-0.2, -0.15) is 0 Å². The summed E-state index contributed by atoms with van der Waals surface area (Å²) in [7, 11) is 4.60. The van der Waals surface area contributed by atoms with E-state index in [0.29, 0.717) is 49.5 Å². The highest BCUT2D eigenvalue weighted by atomic mass is 16.5. The predicted octanol–water partition coefficient (Wildman–Crippen LogP) is 2.79. The Bertz CT molecular complexity index is 818. The smallest absolute Gasteiger partial charge is 0.328 e. The zero-order valence-corrected chi connectivity index (χ0v) is 19.3. The summed E-state index contributed by atoms with van der Waals surface area (Å²) in [5.74, 6) is -0.0358. The Labute approximate surface area is 183 Å². The van der Waals surface area contributed by atoms with Gasteiger partial charge in [-0.05, 0) is 25.3 Å². The number of amides is 1. The first-order chi connectivity index (χ1) is 14.7. The summed E-state index contributed by atoms with van der Waals surface area (Å²) in [6.45, 7) is 5.84. The minimum absolute atomic E-state index is 0.109. The molecule has 0 N–H and O–H groups in total. The summed E-state index contributed by atoms with van der Waals surface area (Å²) in [4.78, 5) is 39.3. The number of methoxy groups -OCH3 is 3. The lowest BCUT2D eigenvalue weighted by atomic mass is 9.84. The van der Waals surface area contributed by atoms with E-state index in [1.165, 1.54) is 19.1 Å². The zero-order chi connectivity index (χ0) is 23.2. The third-order valence-electron chi connectivity index (χ3n) is 5.88. The van der Waals surface area contributed by atoms with Crippen molar-refractivity contribution in [2.24, 2.45) is 5.41 Å². The fourth-order valence-corrected chi connectivity index (χ4v) is 3.55. The molecule has 1 unspecified atom stereocenters. The number of nitrogens with zero attached hydrogens (tertiary/aromatic N) is 1. The van der Waals surface area contributed by atoms with E-state index in [2.05, 4.69) is 0 Å². The molecule has 1 atom stereocenters. The molecule has 1 fully saturated rings. The van der Waals surface area contributed by atoms with Crippen molar-refractivity contribution >= 4 is 17.7 Å². The van der Waals surface area contributed by atoms with Crippen LogP contribution in [-0.2, 0) is 25.5 Å². The van der Waals surface area contributed by atoms with Gasteiger partial charge in [0.15, 0.2) is 11.5 Å². The van der Waals surface area contributed by atoms with E-state index in [-0.39, 0.29) is 6.61 Å². The van der Waals surface area contributed by atoms with Crippen LogP contribution in [0.15, 0.2) is 12.1 Å². The normalized spacial score (nSPS) is 16.1. The number of benzene rings is 1. The first kappa shape index (κ1) is 24.5. The largest absolute Gasteiger partial charge is 0.493 e. The molecular weight excluding hydrogens is 402 g/mol. The molecule has 2 rings (SSSR count). The van der Waals surface area contributed by atoms with E-state index >= 15 is 0 Å². The predicted molar refractivity (Wildman–Crippen MR) is 115 cm³/mol. The van der Waals surface area contributed by atoms with Crippen molar-refractivity contribution in [3.05, 3.63) is 17.7 Å². The number of ether oxygens (including phenoxy) is 4. The molecule has 1 aliphatic heterocycles. The number of hydrogen-bond donors (Lipinski definition) is 0. The van der Waals surface area contributed by atoms with Crippen molar-refractivity contribution in [1.82, 2.24) is 4.90 Å². The lowest BCUT2D eigenvalue weighted by molar-refractivity contribution is -0.157. The van der Waals surface area contributed by atoms with Crippen LogP contribution in [-0.4, -0.2) is 63.1 Å². The number of ketones is 1. The number of carbonyl (C=O) groups is 3. The molecule has 0 radical (unpaired) electrons. The van der Waals surface area contributed by atoms with Crippen LogP contribution in [0.5, 0.6) is 17.2 Å². The van der Waals surface area contributed by atoms with Gasteiger partial charge < -0.3 is 23.8 Å². The van der Waals surface area contributed by atoms with Gasteiger partial charge in [-0.1, -0.05) is 26.8 Å². The average Bonchev–Trinajstić information content (AvgIpc) is 3.27. The number of Topliss-reactive ketones (excluding diaryl/α,β-unsaturated/α-hetero) is 1. The SMILES string of the molecule is CCC(C)(C)C(=O)C(=O)N1CCCC1C(=O)OCCc1ccc(OC)c(OC)c1OC. The van der Waals surface area contributed by atoms with E-state index in [9.17, 15) is 14.4 Å². The summed E-state index contributed by atoms with van der Waals surface area (Å²) >= 11 is 0. The van der Waals surface area contributed by atoms with E-state index in [0.717, 1.165) is 5.56 Å². The molecule has 1 heterocycles. The molecule has 1 aromatic carbocycles. The fraction of sp³-hybridized carbons (Fsp3) is 0.609. The zero-order valence-electron chi connectivity index (χ0n) is 19.3. The highest BCUT2D eigenvalue weighted by molar-refractivity contribution is 6.38. The molecule has 31 heavy (non-hydrogen) atoms. The second-order valence-corrected chi connectivity index (χ2v) is 8.13. The van der Waals surface area contributed by atoms with Gasteiger partial charge in [0.25, 0.3) is 5.91 Å². The van der Waals surface area contributed by atoms with Gasteiger partial charge in [0.2, 0.25) is 11.5 Å². The summed E-state index contributed by atoms with van der Waals surface area (Å²) in [5, 5.41) is 0. The molecule has 0 bridgehead atoms. The second-order valence-electron chi connectivity index (χ2n) is 8.13. The lowest BCUT2D eigenvalue weighted by Crippen LogP contribution is -2.48. The fourth-order valence-electron chi connectivity index (χ4n) is 3.55. The third-order valence-corrected chi connectivity index (χ3v) is 5.88. The molecule has 1 aromatic rings. The van der Waals surface area contributed by atoms with E-state index in [1.54, 1.807) is 27.0 Å². The molecule has 1 aliphatic rings. The topological polar surface area (TPSA) is 91.4 Å². The molecule has 8 heteroatoms. The van der Waals surface area contributed by atoms with Crippen LogP contribution in [0, 0.1) is 5.41 Å². The van der Waals surface area contributed by atoms with Crippen LogP contribution in [0.3, 0.4) is 0 Å². The lowest BCUT2D eigenvalue weighted by Gasteiger charge is -2.27. The molecule has 1 saturated heterocycles. The van der Waals surface area contributed by atoms with Gasteiger partial charge in [-0.15, -0.1) is 0 Å². The minimum Gasteiger partial charge on any atom is -0.493 e. The van der Waals surface area contributed by atoms with E-state index in [4.69, 9.17) is 18.9 Å². The highest BCUT2D eigenvalue weighted by Crippen LogP contribution is 2.39. The Morgan fingerprint density at radius 3 is 2.32 bits per heavy atom. The average molecular weight is 436 g/mol. The summed E-state index contributed by atoms with van der Waals surface area (Å²) in [5.41, 5.74) is 0.0464. The number of hydrogen-bond acceptors (Lipinski definition) is 7. The van der Waals surface area contributed by atoms with Crippen LogP contribution in [0.25, 0.3) is 0 Å². The van der Waals surface area contributed by atoms with Crippen molar-refractivity contribution in [1.29, 1.82) is 0 Å². The molecule has 0 saturated carbocycles. The van der Waals surface area contributed by atoms with Crippen molar-refractivity contribution in [2.75, 3.05) is 34.5 Å². The van der Waals surface area contributed by atoms with Crippen LogP contribution < -0.4 is 14.2 Å². The quantitative estimate of drug-likeness (QED) is 0.412. The molecule has 1 amide bonds. The molecular formula is C23H33NO7. The van der Waals surface area contributed by atoms with Gasteiger partial charge in [-0.25, -0.2) is 4.79 Å². The third kappa shape index (κ3) is 5.29.